The summed E-state index contributed by atoms with van der Waals surface area (Å²) in [7, 11) is 1.45. The molecule has 2 amide bonds. The third kappa shape index (κ3) is 4.91. The van der Waals surface area contributed by atoms with Gasteiger partial charge in [0, 0.05) is 30.2 Å². The summed E-state index contributed by atoms with van der Waals surface area (Å²) in [4.78, 5) is 25.0. The first-order valence-corrected chi connectivity index (χ1v) is 10.0. The molecule has 0 saturated heterocycles. The summed E-state index contributed by atoms with van der Waals surface area (Å²) in [6.07, 6.45) is 1.72. The van der Waals surface area contributed by atoms with Crippen LogP contribution in [0.5, 0.6) is 0 Å². The van der Waals surface area contributed by atoms with E-state index < -0.39 is 0 Å². The number of rotatable bonds is 7. The number of aromatic nitrogens is 2. The molecule has 1 aromatic heterocycles. The fourth-order valence-corrected chi connectivity index (χ4v) is 3.26. The molecule has 0 saturated carbocycles. The maximum absolute atomic E-state index is 13.2. The van der Waals surface area contributed by atoms with Crippen molar-refractivity contribution in [2.75, 3.05) is 24.4 Å². The Morgan fingerprint density at radius 3 is 2.22 bits per heavy atom. The largest absolute Gasteiger partial charge is 0.375 e. The summed E-state index contributed by atoms with van der Waals surface area (Å²) in [5, 5.41) is 10.3. The average Bonchev–Trinajstić information content (AvgIpc) is 3.26. The third-order valence-corrected chi connectivity index (χ3v) is 4.71. The first kappa shape index (κ1) is 21.0. The highest BCUT2D eigenvalue weighted by Gasteiger charge is 2.19. The van der Waals surface area contributed by atoms with E-state index in [0.717, 1.165) is 11.3 Å². The number of para-hydroxylation sites is 1. The standard InChI is InChI=1S/C25H22N4O3/c1-32-17-23(30)26-19-11-8-12-20(15-19)27-25(31)22-16-29(21-13-6-3-7-14-21)28-24(22)18-9-4-2-5-10-18/h2-16H,17H2,1H3,(H,26,30)(H,27,31). The zero-order chi connectivity index (χ0) is 22.3. The third-order valence-electron chi connectivity index (χ3n) is 4.71. The lowest BCUT2D eigenvalue weighted by Gasteiger charge is -2.09. The van der Waals surface area contributed by atoms with Crippen molar-refractivity contribution < 1.29 is 14.3 Å². The number of methoxy groups -OCH3 is 1. The number of amides is 2. The number of nitrogens with zero attached hydrogens (tertiary/aromatic N) is 2. The summed E-state index contributed by atoms with van der Waals surface area (Å²) in [5.41, 5.74) is 3.83. The molecule has 0 unspecified atom stereocenters. The molecule has 3 aromatic carbocycles. The number of anilines is 2. The number of hydrogen-bond acceptors (Lipinski definition) is 4. The van der Waals surface area contributed by atoms with Crippen LogP contribution in [0.25, 0.3) is 16.9 Å². The summed E-state index contributed by atoms with van der Waals surface area (Å²) < 4.78 is 6.52. The number of carbonyl (C=O) groups excluding carboxylic acids is 2. The van der Waals surface area contributed by atoms with Crippen LogP contribution in [0.2, 0.25) is 0 Å². The van der Waals surface area contributed by atoms with Crippen LogP contribution < -0.4 is 10.6 Å². The van der Waals surface area contributed by atoms with E-state index in [4.69, 9.17) is 4.74 Å². The Bertz CT molecular complexity index is 1220. The second-order valence-electron chi connectivity index (χ2n) is 7.05. The van der Waals surface area contributed by atoms with Crippen LogP contribution >= 0.6 is 0 Å². The minimum absolute atomic E-state index is 0.0459. The molecule has 0 radical (unpaired) electrons. The number of ether oxygens (including phenoxy) is 1. The lowest BCUT2D eigenvalue weighted by Crippen LogP contribution is -2.17. The van der Waals surface area contributed by atoms with E-state index in [-0.39, 0.29) is 18.4 Å². The minimum atomic E-state index is -0.300. The minimum Gasteiger partial charge on any atom is -0.375 e. The van der Waals surface area contributed by atoms with Crippen molar-refractivity contribution >= 4 is 23.2 Å². The van der Waals surface area contributed by atoms with Gasteiger partial charge in [0.15, 0.2) is 0 Å². The van der Waals surface area contributed by atoms with Gasteiger partial charge in [0.2, 0.25) is 5.91 Å². The summed E-state index contributed by atoms with van der Waals surface area (Å²) >= 11 is 0. The molecule has 32 heavy (non-hydrogen) atoms. The van der Waals surface area contributed by atoms with Gasteiger partial charge in [-0.3, -0.25) is 9.59 Å². The summed E-state index contributed by atoms with van der Waals surface area (Å²) in [5.74, 6) is -0.571. The molecule has 4 aromatic rings. The number of nitrogens with one attached hydrogen (secondary N) is 2. The predicted octanol–water partition coefficient (Wildman–Crippen LogP) is 4.38. The quantitative estimate of drug-likeness (QED) is 0.459. The van der Waals surface area contributed by atoms with Gasteiger partial charge in [0.25, 0.3) is 5.91 Å². The summed E-state index contributed by atoms with van der Waals surface area (Å²) in [6.45, 7) is -0.0459. The van der Waals surface area contributed by atoms with Crippen LogP contribution in [-0.4, -0.2) is 35.3 Å². The average molecular weight is 426 g/mol. The topological polar surface area (TPSA) is 85.3 Å². The molecule has 0 aliphatic carbocycles. The van der Waals surface area contributed by atoms with Gasteiger partial charge in [0.05, 0.1) is 11.3 Å². The van der Waals surface area contributed by atoms with Crippen molar-refractivity contribution in [3.05, 3.63) is 96.7 Å². The van der Waals surface area contributed by atoms with Gasteiger partial charge in [-0.25, -0.2) is 4.68 Å². The fraction of sp³-hybridized carbons (Fsp3) is 0.0800. The van der Waals surface area contributed by atoms with Crippen LogP contribution in [0.4, 0.5) is 11.4 Å². The molecule has 7 nitrogen and oxygen atoms in total. The zero-order valence-electron chi connectivity index (χ0n) is 17.5. The van der Waals surface area contributed by atoms with Crippen LogP contribution in [0.1, 0.15) is 10.4 Å². The monoisotopic (exact) mass is 426 g/mol. The molecular weight excluding hydrogens is 404 g/mol. The SMILES string of the molecule is COCC(=O)Nc1cccc(NC(=O)c2cn(-c3ccccc3)nc2-c2ccccc2)c1. The highest BCUT2D eigenvalue weighted by atomic mass is 16.5. The molecule has 160 valence electrons. The molecule has 4 rings (SSSR count). The van der Waals surface area contributed by atoms with E-state index in [1.54, 1.807) is 35.1 Å². The molecule has 0 aliphatic heterocycles. The Balaban J connectivity index is 1.63. The van der Waals surface area contributed by atoms with Gasteiger partial charge in [-0.15, -0.1) is 0 Å². The van der Waals surface area contributed by atoms with Crippen LogP contribution in [0.15, 0.2) is 91.1 Å². The van der Waals surface area contributed by atoms with Crippen molar-refractivity contribution in [3.8, 4) is 16.9 Å². The van der Waals surface area contributed by atoms with E-state index >= 15 is 0 Å². The van der Waals surface area contributed by atoms with Gasteiger partial charge in [-0.05, 0) is 30.3 Å². The molecule has 0 spiro atoms. The molecule has 0 bridgehead atoms. The first-order chi connectivity index (χ1) is 15.6. The fourth-order valence-electron chi connectivity index (χ4n) is 3.26. The van der Waals surface area contributed by atoms with E-state index in [1.807, 2.05) is 60.7 Å². The smallest absolute Gasteiger partial charge is 0.259 e. The maximum atomic E-state index is 13.2. The van der Waals surface area contributed by atoms with E-state index in [2.05, 4.69) is 15.7 Å². The Labute approximate surface area is 185 Å². The molecule has 7 heteroatoms. The van der Waals surface area contributed by atoms with E-state index in [0.29, 0.717) is 22.6 Å². The normalized spacial score (nSPS) is 10.5. The Morgan fingerprint density at radius 1 is 0.875 bits per heavy atom. The Hall–Kier alpha value is -4.23. The lowest BCUT2D eigenvalue weighted by atomic mass is 10.1. The molecule has 0 fully saturated rings. The predicted molar refractivity (Wildman–Crippen MR) is 124 cm³/mol. The molecule has 1 heterocycles. The number of carbonyl (C=O) groups is 2. The highest BCUT2D eigenvalue weighted by molar-refractivity contribution is 6.08. The Kier molecular flexibility index (Phi) is 6.38. The van der Waals surface area contributed by atoms with E-state index in [1.165, 1.54) is 7.11 Å². The van der Waals surface area contributed by atoms with Crippen molar-refractivity contribution in [1.82, 2.24) is 9.78 Å². The lowest BCUT2D eigenvalue weighted by molar-refractivity contribution is -0.119. The van der Waals surface area contributed by atoms with E-state index in [9.17, 15) is 9.59 Å². The van der Waals surface area contributed by atoms with Gasteiger partial charge in [-0.2, -0.15) is 5.10 Å². The van der Waals surface area contributed by atoms with Gasteiger partial charge in [-0.1, -0.05) is 54.6 Å². The highest BCUT2D eigenvalue weighted by Crippen LogP contribution is 2.25. The van der Waals surface area contributed by atoms with Gasteiger partial charge in [0.1, 0.15) is 12.3 Å². The van der Waals surface area contributed by atoms with Crippen molar-refractivity contribution in [3.63, 3.8) is 0 Å². The van der Waals surface area contributed by atoms with Crippen molar-refractivity contribution in [2.24, 2.45) is 0 Å². The molecule has 0 atom stereocenters. The first-order valence-electron chi connectivity index (χ1n) is 10.0. The second kappa shape index (κ2) is 9.72. The van der Waals surface area contributed by atoms with Crippen molar-refractivity contribution in [2.45, 2.75) is 0 Å². The molecular formula is C25H22N4O3. The van der Waals surface area contributed by atoms with Crippen LogP contribution in [0.3, 0.4) is 0 Å². The maximum Gasteiger partial charge on any atom is 0.259 e. The van der Waals surface area contributed by atoms with Crippen LogP contribution in [0, 0.1) is 0 Å². The number of benzene rings is 3. The zero-order valence-corrected chi connectivity index (χ0v) is 17.5. The van der Waals surface area contributed by atoms with Gasteiger partial charge < -0.3 is 15.4 Å². The summed E-state index contributed by atoms with van der Waals surface area (Å²) in [6, 6.07) is 26.1. The Morgan fingerprint density at radius 2 is 1.53 bits per heavy atom. The van der Waals surface area contributed by atoms with Gasteiger partial charge >= 0.3 is 0 Å². The second-order valence-corrected chi connectivity index (χ2v) is 7.05. The number of hydrogen-bond donors (Lipinski definition) is 2. The van der Waals surface area contributed by atoms with Crippen molar-refractivity contribution in [1.29, 1.82) is 0 Å². The molecule has 0 aliphatic rings. The van der Waals surface area contributed by atoms with Crippen LogP contribution in [-0.2, 0) is 9.53 Å². The molecule has 2 N–H and O–H groups in total.